The molecule has 0 aliphatic heterocycles. The molecule has 4 nitrogen and oxygen atoms in total. The molecule has 0 amide bonds. The van der Waals surface area contributed by atoms with Crippen molar-refractivity contribution >= 4 is 15.9 Å². The van der Waals surface area contributed by atoms with Gasteiger partial charge in [-0.05, 0) is 22.9 Å². The normalized spacial score (nSPS) is 12.7. The summed E-state index contributed by atoms with van der Waals surface area (Å²) in [5.74, 6) is 2.48. The second-order valence-electron chi connectivity index (χ2n) is 4.68. The molecule has 1 heterocycles. The van der Waals surface area contributed by atoms with Crippen LogP contribution in [0.5, 0.6) is 0 Å². The molecule has 0 saturated carbocycles. The number of nitrogens with zero attached hydrogens (tertiary/aromatic N) is 2. The van der Waals surface area contributed by atoms with Crippen LogP contribution in [0.25, 0.3) is 0 Å². The summed E-state index contributed by atoms with van der Waals surface area (Å²) in [6, 6.07) is 0.412. The molecule has 21 heavy (non-hydrogen) atoms. The average molecular weight is 363 g/mol. The van der Waals surface area contributed by atoms with E-state index < -0.39 is 23.5 Å². The van der Waals surface area contributed by atoms with Gasteiger partial charge in [0.25, 0.3) is 0 Å². The highest BCUT2D eigenvalue weighted by atomic mass is 79.9. The van der Waals surface area contributed by atoms with Crippen molar-refractivity contribution in [3.8, 4) is 0 Å². The van der Waals surface area contributed by atoms with E-state index in [1.165, 1.54) is 0 Å². The van der Waals surface area contributed by atoms with E-state index in [-0.39, 0.29) is 12.0 Å². The fourth-order valence-electron chi connectivity index (χ4n) is 2.23. The molecule has 1 unspecified atom stereocenters. The van der Waals surface area contributed by atoms with Gasteiger partial charge in [-0.15, -0.1) is 0 Å². The minimum Gasteiger partial charge on any atom is -0.271 e. The summed E-state index contributed by atoms with van der Waals surface area (Å²) in [6.07, 6.45) is 0.188. The first kappa shape index (κ1) is 16.0. The molecule has 2 rings (SSSR count). The predicted octanol–water partition coefficient (Wildman–Crippen LogP) is 2.66. The van der Waals surface area contributed by atoms with Crippen molar-refractivity contribution in [2.45, 2.75) is 19.4 Å². The third-order valence-corrected chi connectivity index (χ3v) is 4.28. The molecule has 1 aromatic carbocycles. The Morgan fingerprint density at radius 3 is 2.33 bits per heavy atom. The molecule has 0 aliphatic rings. The molecule has 8 heteroatoms. The van der Waals surface area contributed by atoms with E-state index in [9.17, 15) is 13.2 Å². The van der Waals surface area contributed by atoms with Crippen LogP contribution in [0.4, 0.5) is 13.2 Å². The topological polar surface area (TPSA) is 55.9 Å². The van der Waals surface area contributed by atoms with Crippen molar-refractivity contribution in [2.75, 3.05) is 0 Å². The van der Waals surface area contributed by atoms with Crippen LogP contribution >= 0.6 is 15.9 Å². The Bertz CT molecular complexity index is 649. The lowest BCUT2D eigenvalue weighted by molar-refractivity contribution is 0.454. The van der Waals surface area contributed by atoms with Crippen LogP contribution in [0.3, 0.4) is 0 Å². The average Bonchev–Trinajstić information content (AvgIpc) is 2.62. The standard InChI is InChI=1S/C13H14BrF3N4/c1-6-13(14)11(21(2)20-6)5-10(19-18)12-8(16)3-7(15)4-9(12)17/h3-4,10,19H,5,18H2,1-2H3. The van der Waals surface area contributed by atoms with Gasteiger partial charge in [0.1, 0.15) is 17.5 Å². The van der Waals surface area contributed by atoms with Crippen LogP contribution in [0.15, 0.2) is 16.6 Å². The van der Waals surface area contributed by atoms with Gasteiger partial charge in [0.2, 0.25) is 0 Å². The molecular formula is C13H14BrF3N4. The number of benzene rings is 1. The van der Waals surface area contributed by atoms with E-state index in [2.05, 4.69) is 26.5 Å². The monoisotopic (exact) mass is 362 g/mol. The van der Waals surface area contributed by atoms with Crippen molar-refractivity contribution in [3.05, 3.63) is 51.0 Å². The minimum absolute atomic E-state index is 0.188. The van der Waals surface area contributed by atoms with Crippen molar-refractivity contribution in [1.29, 1.82) is 0 Å². The van der Waals surface area contributed by atoms with Crippen molar-refractivity contribution in [1.82, 2.24) is 15.2 Å². The number of hydrogen-bond acceptors (Lipinski definition) is 3. The van der Waals surface area contributed by atoms with Gasteiger partial charge in [-0.3, -0.25) is 16.0 Å². The lowest BCUT2D eigenvalue weighted by Crippen LogP contribution is -2.31. The maximum absolute atomic E-state index is 13.8. The number of aryl methyl sites for hydroxylation is 2. The molecule has 0 fully saturated rings. The fourth-order valence-corrected chi connectivity index (χ4v) is 2.72. The number of hydrogen-bond donors (Lipinski definition) is 2. The number of aromatic nitrogens is 2. The van der Waals surface area contributed by atoms with E-state index in [0.717, 1.165) is 15.9 Å². The lowest BCUT2D eigenvalue weighted by atomic mass is 10.0. The summed E-state index contributed by atoms with van der Waals surface area (Å²) in [7, 11) is 1.72. The first-order chi connectivity index (χ1) is 9.85. The fraction of sp³-hybridized carbons (Fsp3) is 0.308. The molecule has 1 aromatic heterocycles. The van der Waals surface area contributed by atoms with Crippen molar-refractivity contribution in [3.63, 3.8) is 0 Å². The first-order valence-corrected chi connectivity index (χ1v) is 6.93. The Hall–Kier alpha value is -1.38. The highest BCUT2D eigenvalue weighted by Crippen LogP contribution is 2.28. The molecule has 3 N–H and O–H groups in total. The highest BCUT2D eigenvalue weighted by Gasteiger charge is 2.23. The number of rotatable bonds is 4. The van der Waals surface area contributed by atoms with Gasteiger partial charge < -0.3 is 0 Å². The minimum atomic E-state index is -0.981. The zero-order chi connectivity index (χ0) is 15.7. The molecule has 1 atom stereocenters. The quantitative estimate of drug-likeness (QED) is 0.649. The Balaban J connectivity index is 2.41. The number of nitrogens with one attached hydrogen (secondary N) is 1. The Kier molecular flexibility index (Phi) is 4.70. The van der Waals surface area contributed by atoms with Crippen LogP contribution in [-0.2, 0) is 13.5 Å². The van der Waals surface area contributed by atoms with Gasteiger partial charge in [0, 0.05) is 31.2 Å². The Morgan fingerprint density at radius 1 is 1.33 bits per heavy atom. The molecule has 114 valence electrons. The van der Waals surface area contributed by atoms with Crippen LogP contribution in [-0.4, -0.2) is 9.78 Å². The van der Waals surface area contributed by atoms with Crippen LogP contribution < -0.4 is 11.3 Å². The molecule has 0 aliphatic carbocycles. The summed E-state index contributed by atoms with van der Waals surface area (Å²) in [5, 5.41) is 4.20. The van der Waals surface area contributed by atoms with Gasteiger partial charge in [-0.25, -0.2) is 13.2 Å². The maximum Gasteiger partial charge on any atom is 0.133 e. The van der Waals surface area contributed by atoms with Gasteiger partial charge in [0.15, 0.2) is 0 Å². The van der Waals surface area contributed by atoms with Crippen LogP contribution in [0.1, 0.15) is 23.0 Å². The Labute approximate surface area is 128 Å². The van der Waals surface area contributed by atoms with Crippen LogP contribution in [0.2, 0.25) is 0 Å². The Morgan fingerprint density at radius 2 is 1.90 bits per heavy atom. The van der Waals surface area contributed by atoms with E-state index >= 15 is 0 Å². The third-order valence-electron chi connectivity index (χ3n) is 3.25. The maximum atomic E-state index is 13.8. The number of hydrazine groups is 1. The van der Waals surface area contributed by atoms with Gasteiger partial charge in [-0.2, -0.15) is 5.10 Å². The summed E-state index contributed by atoms with van der Waals surface area (Å²) >= 11 is 3.38. The molecule has 2 aromatic rings. The molecular weight excluding hydrogens is 349 g/mol. The summed E-state index contributed by atoms with van der Waals surface area (Å²) in [4.78, 5) is 0. The largest absolute Gasteiger partial charge is 0.271 e. The molecule has 0 radical (unpaired) electrons. The van der Waals surface area contributed by atoms with E-state index in [1.807, 2.05) is 0 Å². The predicted molar refractivity (Wildman–Crippen MR) is 75.7 cm³/mol. The van der Waals surface area contributed by atoms with E-state index in [0.29, 0.717) is 12.1 Å². The van der Waals surface area contributed by atoms with Gasteiger partial charge in [0.05, 0.1) is 21.9 Å². The third kappa shape index (κ3) is 3.12. The van der Waals surface area contributed by atoms with Crippen LogP contribution in [0, 0.1) is 24.4 Å². The zero-order valence-electron chi connectivity index (χ0n) is 11.4. The van der Waals surface area contributed by atoms with Crippen molar-refractivity contribution < 1.29 is 13.2 Å². The zero-order valence-corrected chi connectivity index (χ0v) is 13.0. The van der Waals surface area contributed by atoms with E-state index in [1.54, 1.807) is 18.7 Å². The van der Waals surface area contributed by atoms with E-state index in [4.69, 9.17) is 5.84 Å². The van der Waals surface area contributed by atoms with Gasteiger partial charge in [-0.1, -0.05) is 0 Å². The summed E-state index contributed by atoms with van der Waals surface area (Å²) < 4.78 is 43.0. The SMILES string of the molecule is Cc1nn(C)c(CC(NN)c2c(F)cc(F)cc2F)c1Br. The highest BCUT2D eigenvalue weighted by molar-refractivity contribution is 9.10. The van der Waals surface area contributed by atoms with Crippen molar-refractivity contribution in [2.24, 2.45) is 12.9 Å². The summed E-state index contributed by atoms with van der Waals surface area (Å²) in [5.41, 5.74) is 3.54. The smallest absolute Gasteiger partial charge is 0.133 e. The number of halogens is 4. The molecule has 0 saturated heterocycles. The second kappa shape index (κ2) is 6.17. The number of nitrogens with two attached hydrogens (primary N) is 1. The molecule has 0 spiro atoms. The molecule has 0 bridgehead atoms. The van der Waals surface area contributed by atoms with Gasteiger partial charge >= 0.3 is 0 Å². The summed E-state index contributed by atoms with van der Waals surface area (Å²) in [6.45, 7) is 1.80. The first-order valence-electron chi connectivity index (χ1n) is 6.13. The second-order valence-corrected chi connectivity index (χ2v) is 5.47. The lowest BCUT2D eigenvalue weighted by Gasteiger charge is -2.18.